The number of aromatic nitrogens is 3. The van der Waals surface area contributed by atoms with E-state index in [0.29, 0.717) is 0 Å². The van der Waals surface area contributed by atoms with Gasteiger partial charge >= 0.3 is 0 Å². The first-order valence-corrected chi connectivity index (χ1v) is 8.08. The molecule has 0 fully saturated rings. The Kier molecular flexibility index (Phi) is 9.15. The highest BCUT2D eigenvalue weighted by Crippen LogP contribution is 2.11. The molecule has 0 unspecified atom stereocenters. The SMILES string of the molecule is CCc1nncn1CCNC(=NC)NCc1cccc(Br)c1.I. The second-order valence-corrected chi connectivity index (χ2v) is 5.69. The summed E-state index contributed by atoms with van der Waals surface area (Å²) in [6.07, 6.45) is 2.65. The van der Waals surface area contributed by atoms with E-state index in [2.05, 4.69) is 65.4 Å². The number of hydrogen-bond donors (Lipinski definition) is 2. The molecule has 0 saturated carbocycles. The van der Waals surface area contributed by atoms with Crippen molar-refractivity contribution in [2.24, 2.45) is 4.99 Å². The lowest BCUT2D eigenvalue weighted by atomic mass is 10.2. The van der Waals surface area contributed by atoms with E-state index < -0.39 is 0 Å². The Labute approximate surface area is 162 Å². The van der Waals surface area contributed by atoms with Gasteiger partial charge in [-0.3, -0.25) is 4.99 Å². The van der Waals surface area contributed by atoms with E-state index in [1.807, 2.05) is 12.1 Å². The van der Waals surface area contributed by atoms with Crippen LogP contribution in [0.1, 0.15) is 18.3 Å². The largest absolute Gasteiger partial charge is 0.355 e. The van der Waals surface area contributed by atoms with Crippen molar-refractivity contribution in [1.29, 1.82) is 0 Å². The van der Waals surface area contributed by atoms with Crippen LogP contribution in [0, 0.1) is 0 Å². The second kappa shape index (κ2) is 10.6. The Bertz CT molecular complexity index is 628. The van der Waals surface area contributed by atoms with Gasteiger partial charge in [0.25, 0.3) is 0 Å². The fourth-order valence-electron chi connectivity index (χ4n) is 2.09. The van der Waals surface area contributed by atoms with Gasteiger partial charge < -0.3 is 15.2 Å². The molecule has 0 radical (unpaired) electrons. The van der Waals surface area contributed by atoms with Crippen molar-refractivity contribution in [1.82, 2.24) is 25.4 Å². The molecule has 8 heteroatoms. The maximum absolute atomic E-state index is 4.23. The number of aliphatic imine (C=N–C) groups is 1. The van der Waals surface area contributed by atoms with Gasteiger partial charge in [-0.25, -0.2) is 0 Å². The van der Waals surface area contributed by atoms with Crippen LogP contribution in [0.25, 0.3) is 0 Å². The summed E-state index contributed by atoms with van der Waals surface area (Å²) in [6, 6.07) is 8.21. The van der Waals surface area contributed by atoms with Crippen LogP contribution in [-0.2, 0) is 19.5 Å². The van der Waals surface area contributed by atoms with Gasteiger partial charge in [0.2, 0.25) is 0 Å². The highest BCUT2D eigenvalue weighted by Gasteiger charge is 2.02. The van der Waals surface area contributed by atoms with Crippen LogP contribution >= 0.6 is 39.9 Å². The Morgan fingerprint density at radius 3 is 2.87 bits per heavy atom. The molecule has 2 aromatic rings. The quantitative estimate of drug-likeness (QED) is 0.369. The van der Waals surface area contributed by atoms with Gasteiger partial charge in [0.15, 0.2) is 5.96 Å². The van der Waals surface area contributed by atoms with E-state index >= 15 is 0 Å². The number of guanidine groups is 1. The van der Waals surface area contributed by atoms with Crippen LogP contribution < -0.4 is 10.6 Å². The van der Waals surface area contributed by atoms with Crippen LogP contribution in [-0.4, -0.2) is 34.3 Å². The van der Waals surface area contributed by atoms with Crippen molar-refractivity contribution in [3.8, 4) is 0 Å². The average Bonchev–Trinajstić information content (AvgIpc) is 2.98. The predicted octanol–water partition coefficient (Wildman–Crippen LogP) is 2.59. The Balaban J connectivity index is 0.00000264. The predicted molar refractivity (Wildman–Crippen MR) is 107 cm³/mol. The minimum absolute atomic E-state index is 0. The molecule has 0 aliphatic heterocycles. The summed E-state index contributed by atoms with van der Waals surface area (Å²) in [5.74, 6) is 1.78. The molecule has 0 aliphatic carbocycles. The van der Waals surface area contributed by atoms with Gasteiger partial charge in [-0.15, -0.1) is 34.2 Å². The maximum atomic E-state index is 4.23. The third-order valence-electron chi connectivity index (χ3n) is 3.23. The maximum Gasteiger partial charge on any atom is 0.191 e. The van der Waals surface area contributed by atoms with Crippen molar-refractivity contribution in [3.63, 3.8) is 0 Å². The molecular formula is C15H22BrIN6. The molecule has 0 amide bonds. The third-order valence-corrected chi connectivity index (χ3v) is 3.72. The minimum atomic E-state index is 0. The number of halogens is 2. The van der Waals surface area contributed by atoms with Gasteiger partial charge in [0.1, 0.15) is 12.2 Å². The molecule has 0 saturated heterocycles. The van der Waals surface area contributed by atoms with Crippen LogP contribution in [0.5, 0.6) is 0 Å². The molecule has 2 rings (SSSR count). The summed E-state index contributed by atoms with van der Waals surface area (Å²) in [5.41, 5.74) is 1.20. The van der Waals surface area contributed by atoms with Gasteiger partial charge in [-0.05, 0) is 17.7 Å². The molecule has 6 nitrogen and oxygen atoms in total. The minimum Gasteiger partial charge on any atom is -0.355 e. The normalized spacial score (nSPS) is 11.0. The monoisotopic (exact) mass is 492 g/mol. The topological polar surface area (TPSA) is 67.1 Å². The highest BCUT2D eigenvalue weighted by molar-refractivity contribution is 14.0. The molecular weight excluding hydrogens is 471 g/mol. The first-order valence-electron chi connectivity index (χ1n) is 7.28. The summed E-state index contributed by atoms with van der Waals surface area (Å²) >= 11 is 3.48. The smallest absolute Gasteiger partial charge is 0.191 e. The summed E-state index contributed by atoms with van der Waals surface area (Å²) in [5, 5.41) is 14.6. The molecule has 0 aliphatic rings. The fourth-order valence-corrected chi connectivity index (χ4v) is 2.53. The van der Waals surface area contributed by atoms with Crippen molar-refractivity contribution in [2.45, 2.75) is 26.4 Å². The summed E-state index contributed by atoms with van der Waals surface area (Å²) in [4.78, 5) is 4.23. The fraction of sp³-hybridized carbons (Fsp3) is 0.400. The number of rotatable bonds is 6. The van der Waals surface area contributed by atoms with Crippen molar-refractivity contribution in [3.05, 3.63) is 46.5 Å². The number of nitrogens with zero attached hydrogens (tertiary/aromatic N) is 4. The summed E-state index contributed by atoms with van der Waals surface area (Å²) in [7, 11) is 1.77. The van der Waals surface area contributed by atoms with E-state index in [-0.39, 0.29) is 24.0 Å². The molecule has 1 heterocycles. The lowest BCUT2D eigenvalue weighted by Gasteiger charge is -2.13. The molecule has 126 valence electrons. The second-order valence-electron chi connectivity index (χ2n) is 4.78. The Hall–Kier alpha value is -1.16. The van der Waals surface area contributed by atoms with Crippen molar-refractivity contribution < 1.29 is 0 Å². The van der Waals surface area contributed by atoms with E-state index in [1.54, 1.807) is 13.4 Å². The average molecular weight is 493 g/mol. The zero-order chi connectivity index (χ0) is 15.8. The first kappa shape index (κ1) is 19.9. The van der Waals surface area contributed by atoms with E-state index in [4.69, 9.17) is 0 Å². The van der Waals surface area contributed by atoms with Crippen LogP contribution in [0.3, 0.4) is 0 Å². The van der Waals surface area contributed by atoms with Crippen molar-refractivity contribution >= 4 is 45.9 Å². The molecule has 23 heavy (non-hydrogen) atoms. The van der Waals surface area contributed by atoms with Crippen LogP contribution in [0.4, 0.5) is 0 Å². The van der Waals surface area contributed by atoms with Gasteiger partial charge in [0.05, 0.1) is 0 Å². The van der Waals surface area contributed by atoms with Gasteiger partial charge in [-0.1, -0.05) is 35.0 Å². The lowest BCUT2D eigenvalue weighted by Crippen LogP contribution is -2.38. The van der Waals surface area contributed by atoms with Crippen molar-refractivity contribution in [2.75, 3.05) is 13.6 Å². The summed E-state index contributed by atoms with van der Waals surface area (Å²) < 4.78 is 3.13. The van der Waals surface area contributed by atoms with Gasteiger partial charge in [0, 0.05) is 37.6 Å². The molecule has 2 N–H and O–H groups in total. The first-order chi connectivity index (χ1) is 10.7. The number of benzene rings is 1. The van der Waals surface area contributed by atoms with Crippen LogP contribution in [0.2, 0.25) is 0 Å². The Morgan fingerprint density at radius 1 is 1.35 bits per heavy atom. The number of hydrogen-bond acceptors (Lipinski definition) is 3. The van der Waals surface area contributed by atoms with E-state index in [1.165, 1.54) is 5.56 Å². The van der Waals surface area contributed by atoms with E-state index in [0.717, 1.165) is 42.3 Å². The highest BCUT2D eigenvalue weighted by atomic mass is 127. The molecule has 0 bridgehead atoms. The lowest BCUT2D eigenvalue weighted by molar-refractivity contribution is 0.632. The summed E-state index contributed by atoms with van der Waals surface area (Å²) in [6.45, 7) is 4.38. The standard InChI is InChI=1S/C15H21BrN6.HI/c1-3-14-21-20-11-22(14)8-7-18-15(17-2)19-10-12-5-4-6-13(16)9-12;/h4-6,9,11H,3,7-8,10H2,1-2H3,(H2,17,18,19);1H. The number of aryl methyl sites for hydroxylation is 1. The Morgan fingerprint density at radius 2 is 2.17 bits per heavy atom. The van der Waals surface area contributed by atoms with Crippen LogP contribution in [0.15, 0.2) is 40.1 Å². The zero-order valence-electron chi connectivity index (χ0n) is 13.3. The zero-order valence-corrected chi connectivity index (χ0v) is 17.2. The molecule has 1 aromatic heterocycles. The molecule has 0 atom stereocenters. The number of nitrogens with one attached hydrogen (secondary N) is 2. The molecule has 0 spiro atoms. The third kappa shape index (κ3) is 6.46. The van der Waals surface area contributed by atoms with Gasteiger partial charge in [-0.2, -0.15) is 0 Å². The molecule has 1 aromatic carbocycles. The van der Waals surface area contributed by atoms with E-state index in [9.17, 15) is 0 Å².